The Balaban J connectivity index is 1.95. The Hall–Kier alpha value is -2.23. The van der Waals surface area contributed by atoms with Gasteiger partial charge in [-0.05, 0) is 50.6 Å². The number of rotatable bonds is 5. The minimum atomic E-state index is -0.374. The van der Waals surface area contributed by atoms with Crippen LogP contribution in [0.4, 0.5) is 10.1 Å². The molecule has 2 rings (SSSR count). The monoisotopic (exact) mass is 303 g/mol. The van der Waals surface area contributed by atoms with Gasteiger partial charge in [-0.15, -0.1) is 0 Å². The van der Waals surface area contributed by atoms with Crippen molar-refractivity contribution in [1.82, 2.24) is 0 Å². The van der Waals surface area contributed by atoms with Gasteiger partial charge in [0.15, 0.2) is 11.6 Å². The molecule has 0 aromatic heterocycles. The van der Waals surface area contributed by atoms with Crippen LogP contribution in [0.25, 0.3) is 0 Å². The fraction of sp³-hybridized carbons (Fsp3) is 0.333. The average molecular weight is 303 g/mol. The second-order valence-corrected chi connectivity index (χ2v) is 6.06. The predicted molar refractivity (Wildman–Crippen MR) is 87.1 cm³/mol. The van der Waals surface area contributed by atoms with E-state index in [9.17, 15) is 4.39 Å². The molecular weight excluding hydrogens is 281 g/mol. The standard InChI is InChI=1S/C18H22FNO2/c1-18(2,3)22-15-8-5-13(6-9-15)12-20-14-7-10-17(21-4)16(19)11-14/h5-11,20H,12H2,1-4H3. The highest BCUT2D eigenvalue weighted by Gasteiger charge is 2.11. The van der Waals surface area contributed by atoms with Crippen LogP contribution >= 0.6 is 0 Å². The van der Waals surface area contributed by atoms with Crippen molar-refractivity contribution in [1.29, 1.82) is 0 Å². The van der Waals surface area contributed by atoms with Crippen molar-refractivity contribution in [2.45, 2.75) is 32.9 Å². The van der Waals surface area contributed by atoms with Crippen LogP contribution in [0.5, 0.6) is 11.5 Å². The molecule has 22 heavy (non-hydrogen) atoms. The number of benzene rings is 2. The Labute approximate surface area is 131 Å². The molecule has 0 heterocycles. The maximum Gasteiger partial charge on any atom is 0.167 e. The number of hydrogen-bond acceptors (Lipinski definition) is 3. The lowest BCUT2D eigenvalue weighted by Gasteiger charge is -2.21. The highest BCUT2D eigenvalue weighted by Crippen LogP contribution is 2.22. The predicted octanol–water partition coefficient (Wildman–Crippen LogP) is 4.62. The molecule has 0 bridgehead atoms. The molecule has 0 aliphatic rings. The highest BCUT2D eigenvalue weighted by atomic mass is 19.1. The minimum Gasteiger partial charge on any atom is -0.494 e. The first-order valence-electron chi connectivity index (χ1n) is 7.23. The van der Waals surface area contributed by atoms with Crippen LogP contribution in [0.1, 0.15) is 26.3 Å². The number of methoxy groups -OCH3 is 1. The summed E-state index contributed by atoms with van der Waals surface area (Å²) >= 11 is 0. The number of halogens is 1. The third kappa shape index (κ3) is 4.65. The van der Waals surface area contributed by atoms with E-state index in [4.69, 9.17) is 9.47 Å². The van der Waals surface area contributed by atoms with Crippen molar-refractivity contribution < 1.29 is 13.9 Å². The summed E-state index contributed by atoms with van der Waals surface area (Å²) in [5.74, 6) is 0.711. The van der Waals surface area contributed by atoms with Crippen molar-refractivity contribution in [2.24, 2.45) is 0 Å². The maximum absolute atomic E-state index is 13.6. The molecule has 0 unspecified atom stereocenters. The lowest BCUT2D eigenvalue weighted by molar-refractivity contribution is 0.131. The summed E-state index contributed by atoms with van der Waals surface area (Å²) in [6.45, 7) is 6.66. The molecule has 0 radical (unpaired) electrons. The van der Waals surface area contributed by atoms with Crippen LogP contribution in [0.2, 0.25) is 0 Å². The summed E-state index contributed by atoms with van der Waals surface area (Å²) in [6, 6.07) is 12.7. The number of nitrogens with one attached hydrogen (secondary N) is 1. The molecule has 4 heteroatoms. The summed E-state index contributed by atoms with van der Waals surface area (Å²) in [7, 11) is 1.45. The average Bonchev–Trinajstić information content (AvgIpc) is 2.45. The van der Waals surface area contributed by atoms with Gasteiger partial charge < -0.3 is 14.8 Å². The highest BCUT2D eigenvalue weighted by molar-refractivity contribution is 5.47. The molecule has 0 amide bonds. The Morgan fingerprint density at radius 2 is 1.73 bits per heavy atom. The van der Waals surface area contributed by atoms with Gasteiger partial charge in [0, 0.05) is 18.3 Å². The van der Waals surface area contributed by atoms with Crippen LogP contribution in [-0.2, 0) is 6.54 Å². The lowest BCUT2D eigenvalue weighted by Crippen LogP contribution is -2.22. The SMILES string of the molecule is COc1ccc(NCc2ccc(OC(C)(C)C)cc2)cc1F. The molecule has 0 aliphatic carbocycles. The molecule has 0 spiro atoms. The zero-order valence-electron chi connectivity index (χ0n) is 13.4. The first-order chi connectivity index (χ1) is 10.4. The van der Waals surface area contributed by atoms with Crippen LogP contribution in [0, 0.1) is 5.82 Å². The van der Waals surface area contributed by atoms with E-state index in [1.807, 2.05) is 45.0 Å². The van der Waals surface area contributed by atoms with Crippen LogP contribution in [-0.4, -0.2) is 12.7 Å². The van der Waals surface area contributed by atoms with Crippen molar-refractivity contribution in [2.75, 3.05) is 12.4 Å². The van der Waals surface area contributed by atoms with Crippen LogP contribution < -0.4 is 14.8 Å². The molecule has 2 aromatic rings. The Morgan fingerprint density at radius 3 is 2.27 bits per heavy atom. The van der Waals surface area contributed by atoms with Gasteiger partial charge in [-0.1, -0.05) is 12.1 Å². The second kappa shape index (κ2) is 6.69. The smallest absolute Gasteiger partial charge is 0.167 e. The zero-order chi connectivity index (χ0) is 16.2. The van der Waals surface area contributed by atoms with Gasteiger partial charge >= 0.3 is 0 Å². The molecular formula is C18H22FNO2. The molecule has 0 atom stereocenters. The number of ether oxygens (including phenoxy) is 2. The molecule has 1 N–H and O–H groups in total. The fourth-order valence-corrected chi connectivity index (χ4v) is 2.01. The van der Waals surface area contributed by atoms with Gasteiger partial charge in [-0.25, -0.2) is 4.39 Å². The number of anilines is 1. The largest absolute Gasteiger partial charge is 0.494 e. The first-order valence-corrected chi connectivity index (χ1v) is 7.23. The van der Waals surface area contributed by atoms with Crippen molar-refractivity contribution in [3.8, 4) is 11.5 Å². The molecule has 2 aromatic carbocycles. The molecule has 0 fully saturated rings. The molecule has 118 valence electrons. The van der Waals surface area contributed by atoms with E-state index in [1.54, 1.807) is 12.1 Å². The van der Waals surface area contributed by atoms with Crippen molar-refractivity contribution in [3.63, 3.8) is 0 Å². The first kappa shape index (κ1) is 16.1. The van der Waals surface area contributed by atoms with Crippen molar-refractivity contribution >= 4 is 5.69 Å². The Morgan fingerprint density at radius 1 is 1.05 bits per heavy atom. The van der Waals surface area contributed by atoms with Gasteiger partial charge in [0.2, 0.25) is 0 Å². The summed E-state index contributed by atoms with van der Waals surface area (Å²) < 4.78 is 24.3. The summed E-state index contributed by atoms with van der Waals surface area (Å²) in [6.07, 6.45) is 0. The third-order valence-electron chi connectivity index (χ3n) is 3.00. The van der Waals surface area contributed by atoms with Gasteiger partial charge in [-0.3, -0.25) is 0 Å². The molecule has 0 saturated heterocycles. The summed E-state index contributed by atoms with van der Waals surface area (Å²) in [5.41, 5.74) is 1.60. The van der Waals surface area contributed by atoms with E-state index in [1.165, 1.54) is 13.2 Å². The van der Waals surface area contributed by atoms with Gasteiger partial charge in [-0.2, -0.15) is 0 Å². The second-order valence-electron chi connectivity index (χ2n) is 6.06. The molecule has 0 aliphatic heterocycles. The van der Waals surface area contributed by atoms with Crippen LogP contribution in [0.15, 0.2) is 42.5 Å². The fourth-order valence-electron chi connectivity index (χ4n) is 2.01. The van der Waals surface area contributed by atoms with E-state index >= 15 is 0 Å². The van der Waals surface area contributed by atoms with Gasteiger partial charge in [0.1, 0.15) is 11.4 Å². The molecule has 3 nitrogen and oxygen atoms in total. The minimum absolute atomic E-state index is 0.208. The maximum atomic E-state index is 13.6. The van der Waals surface area contributed by atoms with E-state index in [0.29, 0.717) is 12.2 Å². The topological polar surface area (TPSA) is 30.5 Å². The molecule has 0 saturated carbocycles. The van der Waals surface area contributed by atoms with Gasteiger partial charge in [0.05, 0.1) is 7.11 Å². The van der Waals surface area contributed by atoms with Crippen molar-refractivity contribution in [3.05, 3.63) is 53.8 Å². The quantitative estimate of drug-likeness (QED) is 0.874. The van der Waals surface area contributed by atoms with Gasteiger partial charge in [0.25, 0.3) is 0 Å². The lowest BCUT2D eigenvalue weighted by atomic mass is 10.1. The number of hydrogen-bond donors (Lipinski definition) is 1. The summed E-state index contributed by atoms with van der Waals surface area (Å²) in [5, 5.41) is 3.18. The van der Waals surface area contributed by atoms with E-state index in [0.717, 1.165) is 11.3 Å². The van der Waals surface area contributed by atoms with E-state index < -0.39 is 0 Å². The Kier molecular flexibility index (Phi) is 4.91. The van der Waals surface area contributed by atoms with Crippen LogP contribution in [0.3, 0.4) is 0 Å². The van der Waals surface area contributed by atoms with E-state index in [-0.39, 0.29) is 17.2 Å². The normalized spacial score (nSPS) is 11.1. The van der Waals surface area contributed by atoms with E-state index in [2.05, 4.69) is 5.32 Å². The third-order valence-corrected chi connectivity index (χ3v) is 3.00. The Bertz CT molecular complexity index is 618. The summed E-state index contributed by atoms with van der Waals surface area (Å²) in [4.78, 5) is 0. The zero-order valence-corrected chi connectivity index (χ0v) is 13.4.